The van der Waals surface area contributed by atoms with Gasteiger partial charge in [-0.3, -0.25) is 4.79 Å². The molecule has 1 N–H and O–H groups in total. The van der Waals surface area contributed by atoms with Crippen LogP contribution in [0.5, 0.6) is 0 Å². The molecule has 0 atom stereocenters. The van der Waals surface area contributed by atoms with Crippen molar-refractivity contribution in [2.45, 2.75) is 19.8 Å². The van der Waals surface area contributed by atoms with E-state index >= 15 is 0 Å². The van der Waals surface area contributed by atoms with E-state index in [-0.39, 0.29) is 6.73 Å². The molecule has 4 heteroatoms. The molecule has 0 fully saturated rings. The van der Waals surface area contributed by atoms with E-state index < -0.39 is 0 Å². The monoisotopic (exact) mass is 147 g/mol. The number of carbonyl (C=O) groups excluding carboxylic acids is 1. The molecule has 0 aromatic carbocycles. The number of hydrogen-bond acceptors (Lipinski definition) is 4. The van der Waals surface area contributed by atoms with E-state index in [1.165, 1.54) is 5.06 Å². The van der Waals surface area contributed by atoms with Gasteiger partial charge in [0, 0.05) is 6.54 Å². The molecular weight excluding hydrogens is 134 g/mol. The predicted octanol–water partition coefficient (Wildman–Crippen LogP) is 0.126. The first-order valence-electron chi connectivity index (χ1n) is 3.31. The molecular formula is C6H13NO3. The lowest BCUT2D eigenvalue weighted by molar-refractivity contribution is -0.191. The highest BCUT2D eigenvalue weighted by Crippen LogP contribution is 1.92. The van der Waals surface area contributed by atoms with Crippen molar-refractivity contribution in [2.75, 3.05) is 13.3 Å². The number of aliphatic hydroxyl groups is 1. The highest BCUT2D eigenvalue weighted by Gasteiger charge is 2.00. The summed E-state index contributed by atoms with van der Waals surface area (Å²) >= 11 is 0. The van der Waals surface area contributed by atoms with Gasteiger partial charge in [0.05, 0.1) is 0 Å². The van der Waals surface area contributed by atoms with Crippen LogP contribution >= 0.6 is 0 Å². The van der Waals surface area contributed by atoms with Crippen LogP contribution in [-0.2, 0) is 9.63 Å². The molecule has 0 saturated heterocycles. The fraction of sp³-hybridized carbons (Fsp3) is 0.833. The molecule has 0 rings (SSSR count). The van der Waals surface area contributed by atoms with Gasteiger partial charge in [-0.15, -0.1) is 5.06 Å². The van der Waals surface area contributed by atoms with E-state index in [4.69, 9.17) is 5.11 Å². The maximum Gasteiger partial charge on any atom is 0.313 e. The van der Waals surface area contributed by atoms with Crippen LogP contribution in [0.2, 0.25) is 0 Å². The number of carbonyl (C=O) groups is 1. The van der Waals surface area contributed by atoms with Crippen molar-refractivity contribution in [1.82, 2.24) is 5.06 Å². The van der Waals surface area contributed by atoms with E-state index in [2.05, 4.69) is 4.84 Å². The zero-order valence-corrected chi connectivity index (χ0v) is 6.12. The Balaban J connectivity index is 3.29. The van der Waals surface area contributed by atoms with E-state index in [1.807, 2.05) is 6.92 Å². The summed E-state index contributed by atoms with van der Waals surface area (Å²) in [6.07, 6.45) is 1.92. The van der Waals surface area contributed by atoms with Crippen molar-refractivity contribution in [3.63, 3.8) is 0 Å². The second-order valence-corrected chi connectivity index (χ2v) is 1.90. The lowest BCUT2D eigenvalue weighted by atomic mass is 10.3. The zero-order valence-electron chi connectivity index (χ0n) is 6.12. The second-order valence-electron chi connectivity index (χ2n) is 1.90. The lowest BCUT2D eigenvalue weighted by Gasteiger charge is -2.14. The van der Waals surface area contributed by atoms with Crippen molar-refractivity contribution in [3.8, 4) is 0 Å². The number of rotatable bonds is 6. The van der Waals surface area contributed by atoms with Gasteiger partial charge in [-0.25, -0.2) is 0 Å². The van der Waals surface area contributed by atoms with Crippen molar-refractivity contribution < 1.29 is 14.7 Å². The highest BCUT2D eigenvalue weighted by atomic mass is 16.7. The summed E-state index contributed by atoms with van der Waals surface area (Å²) in [5, 5.41) is 9.73. The first-order chi connectivity index (χ1) is 4.85. The Morgan fingerprint density at radius 2 is 2.40 bits per heavy atom. The Labute approximate surface area is 60.3 Å². The van der Waals surface area contributed by atoms with Crippen LogP contribution in [0.3, 0.4) is 0 Å². The van der Waals surface area contributed by atoms with Gasteiger partial charge in [0.2, 0.25) is 0 Å². The Bertz CT molecular complexity index is 87.1. The lowest BCUT2D eigenvalue weighted by Crippen LogP contribution is -2.25. The molecule has 0 aromatic heterocycles. The molecule has 0 unspecified atom stereocenters. The minimum atomic E-state index is -0.237. The van der Waals surface area contributed by atoms with E-state index in [9.17, 15) is 4.79 Å². The molecule has 60 valence electrons. The van der Waals surface area contributed by atoms with Crippen molar-refractivity contribution in [2.24, 2.45) is 0 Å². The Morgan fingerprint density at radius 1 is 1.70 bits per heavy atom. The number of aliphatic hydroxyl groups excluding tert-OH is 1. The SMILES string of the molecule is CCCCN(CO)OC=O. The third-order valence-electron chi connectivity index (χ3n) is 1.11. The smallest absolute Gasteiger partial charge is 0.313 e. The van der Waals surface area contributed by atoms with Crippen molar-refractivity contribution >= 4 is 6.47 Å². The summed E-state index contributed by atoms with van der Waals surface area (Å²) < 4.78 is 0. The molecule has 10 heavy (non-hydrogen) atoms. The summed E-state index contributed by atoms with van der Waals surface area (Å²) in [6.45, 7) is 2.69. The fourth-order valence-electron chi connectivity index (χ4n) is 0.552. The standard InChI is InChI=1S/C6H13NO3/c1-2-3-4-7(5-8)10-6-9/h6,8H,2-5H2,1H3. The number of hydroxylamine groups is 2. The van der Waals surface area contributed by atoms with Crippen molar-refractivity contribution in [1.29, 1.82) is 0 Å². The molecule has 0 aliphatic rings. The van der Waals surface area contributed by atoms with Crippen LogP contribution in [-0.4, -0.2) is 29.9 Å². The van der Waals surface area contributed by atoms with E-state index in [0.717, 1.165) is 12.8 Å². The third-order valence-corrected chi connectivity index (χ3v) is 1.11. The maximum atomic E-state index is 9.76. The Kier molecular flexibility index (Phi) is 6.11. The molecule has 0 spiro atoms. The van der Waals surface area contributed by atoms with E-state index in [0.29, 0.717) is 13.0 Å². The van der Waals surface area contributed by atoms with Gasteiger partial charge in [0.1, 0.15) is 6.73 Å². The summed E-state index contributed by atoms with van der Waals surface area (Å²) in [6, 6.07) is 0. The van der Waals surface area contributed by atoms with E-state index in [1.54, 1.807) is 0 Å². The highest BCUT2D eigenvalue weighted by molar-refractivity contribution is 5.36. The molecule has 0 aromatic rings. The average Bonchev–Trinajstić information content (AvgIpc) is 1.98. The van der Waals surface area contributed by atoms with Gasteiger partial charge >= 0.3 is 6.47 Å². The molecule has 0 aliphatic carbocycles. The summed E-state index contributed by atoms with van der Waals surface area (Å²) in [4.78, 5) is 14.2. The van der Waals surface area contributed by atoms with Gasteiger partial charge in [-0.1, -0.05) is 13.3 Å². The molecule has 0 radical (unpaired) electrons. The summed E-state index contributed by atoms with van der Waals surface area (Å²) in [5.74, 6) is 0. The molecule has 0 amide bonds. The first-order valence-corrected chi connectivity index (χ1v) is 3.31. The molecule has 0 saturated carbocycles. The Morgan fingerprint density at radius 3 is 2.80 bits per heavy atom. The average molecular weight is 147 g/mol. The zero-order chi connectivity index (χ0) is 7.82. The summed E-state index contributed by atoms with van der Waals surface area (Å²) in [5.41, 5.74) is 0. The normalized spacial score (nSPS) is 9.90. The number of nitrogens with zero attached hydrogens (tertiary/aromatic N) is 1. The van der Waals surface area contributed by atoms with Crippen LogP contribution < -0.4 is 0 Å². The van der Waals surface area contributed by atoms with Crippen molar-refractivity contribution in [3.05, 3.63) is 0 Å². The minimum absolute atomic E-state index is 0.237. The van der Waals surface area contributed by atoms with Crippen LogP contribution in [0, 0.1) is 0 Å². The van der Waals surface area contributed by atoms with Crippen LogP contribution in [0.15, 0.2) is 0 Å². The predicted molar refractivity (Wildman–Crippen MR) is 35.8 cm³/mol. The van der Waals surface area contributed by atoms with Crippen LogP contribution in [0.4, 0.5) is 0 Å². The van der Waals surface area contributed by atoms with Gasteiger partial charge in [0.15, 0.2) is 0 Å². The largest absolute Gasteiger partial charge is 0.378 e. The molecule has 0 heterocycles. The minimum Gasteiger partial charge on any atom is -0.378 e. The van der Waals surface area contributed by atoms with Gasteiger partial charge in [0.25, 0.3) is 0 Å². The van der Waals surface area contributed by atoms with Gasteiger partial charge < -0.3 is 9.94 Å². The molecule has 0 bridgehead atoms. The van der Waals surface area contributed by atoms with Gasteiger partial charge in [-0.2, -0.15) is 0 Å². The first kappa shape index (κ1) is 9.39. The molecule has 4 nitrogen and oxygen atoms in total. The topological polar surface area (TPSA) is 49.8 Å². The third kappa shape index (κ3) is 4.29. The van der Waals surface area contributed by atoms with Crippen LogP contribution in [0.1, 0.15) is 19.8 Å². The fourth-order valence-corrected chi connectivity index (χ4v) is 0.552. The van der Waals surface area contributed by atoms with Crippen LogP contribution in [0.25, 0.3) is 0 Å². The number of hydrogen-bond donors (Lipinski definition) is 1. The molecule has 0 aliphatic heterocycles. The summed E-state index contributed by atoms with van der Waals surface area (Å²) in [7, 11) is 0. The maximum absolute atomic E-state index is 9.76. The van der Waals surface area contributed by atoms with Gasteiger partial charge in [-0.05, 0) is 6.42 Å². The number of unbranched alkanes of at least 4 members (excludes halogenated alkanes) is 1. The second kappa shape index (κ2) is 6.51. The Hall–Kier alpha value is -0.610. The quantitative estimate of drug-likeness (QED) is 0.329.